The second-order valence-corrected chi connectivity index (χ2v) is 6.42. The van der Waals surface area contributed by atoms with Crippen molar-refractivity contribution in [1.29, 1.82) is 0 Å². The summed E-state index contributed by atoms with van der Waals surface area (Å²) in [5.74, 6) is 0.930. The van der Waals surface area contributed by atoms with E-state index >= 15 is 0 Å². The highest BCUT2D eigenvalue weighted by Gasteiger charge is 2.18. The van der Waals surface area contributed by atoms with Crippen molar-refractivity contribution in [2.24, 2.45) is 0 Å². The second kappa shape index (κ2) is 6.34. The van der Waals surface area contributed by atoms with Gasteiger partial charge in [0.15, 0.2) is 0 Å². The number of hydrogen-bond acceptors (Lipinski definition) is 5. The van der Waals surface area contributed by atoms with Crippen LogP contribution in [-0.2, 0) is 6.54 Å². The van der Waals surface area contributed by atoms with Crippen LogP contribution in [0, 0.1) is 13.8 Å². The van der Waals surface area contributed by atoms with Crippen LogP contribution in [0.5, 0.6) is 0 Å². The maximum Gasteiger partial charge on any atom is 0.254 e. The number of amides is 1. The smallest absolute Gasteiger partial charge is 0.254 e. The van der Waals surface area contributed by atoms with Gasteiger partial charge in [0.05, 0.1) is 11.4 Å². The van der Waals surface area contributed by atoms with Crippen LogP contribution < -0.4 is 0 Å². The van der Waals surface area contributed by atoms with Gasteiger partial charge in [-0.25, -0.2) is 0 Å². The van der Waals surface area contributed by atoms with Crippen molar-refractivity contribution < 1.29 is 9.32 Å². The highest BCUT2D eigenvalue weighted by atomic mass is 32.1. The Balaban J connectivity index is 1.75. The molecule has 23 heavy (non-hydrogen) atoms. The summed E-state index contributed by atoms with van der Waals surface area (Å²) in [6, 6.07) is 9.73. The van der Waals surface area contributed by atoms with E-state index in [0.29, 0.717) is 17.3 Å². The van der Waals surface area contributed by atoms with Crippen LogP contribution in [0.2, 0.25) is 0 Å². The summed E-state index contributed by atoms with van der Waals surface area (Å²) in [5.41, 5.74) is 2.72. The van der Waals surface area contributed by atoms with Crippen LogP contribution in [0.3, 0.4) is 0 Å². The number of nitrogens with zero attached hydrogens (tertiary/aromatic N) is 3. The number of carbonyl (C=O) groups excluding carboxylic acids is 1. The Bertz CT molecular complexity index is 824. The minimum Gasteiger partial charge on any atom is -0.337 e. The third-order valence-corrected chi connectivity index (χ3v) is 4.42. The van der Waals surface area contributed by atoms with E-state index in [1.54, 1.807) is 23.3 Å². The molecule has 0 radical (unpaired) electrons. The van der Waals surface area contributed by atoms with Gasteiger partial charge in [0.25, 0.3) is 5.91 Å². The van der Waals surface area contributed by atoms with Crippen LogP contribution in [0.4, 0.5) is 0 Å². The van der Waals surface area contributed by atoms with Gasteiger partial charge in [-0.3, -0.25) is 4.79 Å². The third kappa shape index (κ3) is 3.32. The molecule has 3 aromatic rings. The molecule has 0 aliphatic carbocycles. The lowest BCUT2D eigenvalue weighted by atomic mass is 10.0. The van der Waals surface area contributed by atoms with E-state index in [-0.39, 0.29) is 12.5 Å². The molecule has 0 aliphatic rings. The molecule has 0 saturated carbocycles. The number of benzene rings is 1. The molecule has 5 nitrogen and oxygen atoms in total. The van der Waals surface area contributed by atoms with Gasteiger partial charge in [0, 0.05) is 12.6 Å². The summed E-state index contributed by atoms with van der Waals surface area (Å²) in [5, 5.41) is 5.92. The molecule has 0 N–H and O–H groups in total. The zero-order valence-electron chi connectivity index (χ0n) is 13.2. The molecule has 0 fully saturated rings. The Hall–Kier alpha value is -2.47. The average molecular weight is 327 g/mol. The Morgan fingerprint density at radius 3 is 2.87 bits per heavy atom. The Morgan fingerprint density at radius 1 is 1.30 bits per heavy atom. The van der Waals surface area contributed by atoms with Gasteiger partial charge in [-0.1, -0.05) is 28.9 Å². The average Bonchev–Trinajstić information content (AvgIpc) is 3.19. The number of aromatic nitrogens is 2. The monoisotopic (exact) mass is 327 g/mol. The molecule has 1 amide bonds. The van der Waals surface area contributed by atoms with Gasteiger partial charge >= 0.3 is 0 Å². The maximum absolute atomic E-state index is 12.6. The summed E-state index contributed by atoms with van der Waals surface area (Å²) in [4.78, 5) is 19.5. The summed E-state index contributed by atoms with van der Waals surface area (Å²) >= 11 is 1.55. The molecule has 2 heterocycles. The molecule has 0 unspecified atom stereocenters. The van der Waals surface area contributed by atoms with Crippen LogP contribution in [0.1, 0.15) is 27.4 Å². The molecular weight excluding hydrogens is 310 g/mol. The molecular formula is C17H17N3O2S. The lowest BCUT2D eigenvalue weighted by molar-refractivity contribution is 0.0768. The summed E-state index contributed by atoms with van der Waals surface area (Å²) in [7, 11) is 1.74. The SMILES string of the molecule is Cc1ccc(C)c(C(=O)N(C)Cc2nc(-c3cccs3)no2)c1. The quantitative estimate of drug-likeness (QED) is 0.733. The summed E-state index contributed by atoms with van der Waals surface area (Å²) < 4.78 is 5.25. The van der Waals surface area contributed by atoms with Gasteiger partial charge in [0.1, 0.15) is 0 Å². The van der Waals surface area contributed by atoms with Crippen molar-refractivity contribution in [1.82, 2.24) is 15.0 Å². The zero-order valence-corrected chi connectivity index (χ0v) is 14.1. The van der Waals surface area contributed by atoms with Gasteiger partial charge in [-0.05, 0) is 36.9 Å². The van der Waals surface area contributed by atoms with Crippen molar-refractivity contribution in [2.75, 3.05) is 7.05 Å². The summed E-state index contributed by atoms with van der Waals surface area (Å²) in [6.07, 6.45) is 0. The molecule has 2 aromatic heterocycles. The zero-order chi connectivity index (χ0) is 16.4. The first-order valence-electron chi connectivity index (χ1n) is 7.24. The van der Waals surface area contributed by atoms with Crippen molar-refractivity contribution >= 4 is 17.2 Å². The van der Waals surface area contributed by atoms with E-state index < -0.39 is 0 Å². The fourth-order valence-corrected chi connectivity index (χ4v) is 2.92. The van der Waals surface area contributed by atoms with Crippen LogP contribution in [0.15, 0.2) is 40.2 Å². The van der Waals surface area contributed by atoms with E-state index in [1.807, 2.05) is 49.6 Å². The van der Waals surface area contributed by atoms with Crippen LogP contribution >= 0.6 is 11.3 Å². The molecule has 0 spiro atoms. The second-order valence-electron chi connectivity index (χ2n) is 5.47. The van der Waals surface area contributed by atoms with E-state index in [2.05, 4.69) is 10.1 Å². The fraction of sp³-hybridized carbons (Fsp3) is 0.235. The molecule has 0 bridgehead atoms. The molecule has 0 atom stereocenters. The Labute approximate surface area is 138 Å². The molecule has 0 saturated heterocycles. The summed E-state index contributed by atoms with van der Waals surface area (Å²) in [6.45, 7) is 4.19. The number of thiophene rings is 1. The van der Waals surface area contributed by atoms with Gasteiger partial charge in [-0.15, -0.1) is 11.3 Å². The lowest BCUT2D eigenvalue weighted by Gasteiger charge is -2.16. The molecule has 118 valence electrons. The lowest BCUT2D eigenvalue weighted by Crippen LogP contribution is -2.27. The van der Waals surface area contributed by atoms with Gasteiger partial charge in [-0.2, -0.15) is 4.98 Å². The minimum absolute atomic E-state index is 0.0536. The Kier molecular flexibility index (Phi) is 4.25. The van der Waals surface area contributed by atoms with E-state index in [1.165, 1.54) is 0 Å². The largest absolute Gasteiger partial charge is 0.337 e. The highest BCUT2D eigenvalue weighted by Crippen LogP contribution is 2.22. The van der Waals surface area contributed by atoms with Crippen LogP contribution in [-0.4, -0.2) is 28.0 Å². The standard InChI is InChI=1S/C17H17N3O2S/c1-11-6-7-12(2)13(9-11)17(21)20(3)10-15-18-16(19-22-15)14-5-4-8-23-14/h4-9H,10H2,1-3H3. The molecule has 1 aromatic carbocycles. The first-order chi connectivity index (χ1) is 11.0. The van der Waals surface area contributed by atoms with E-state index in [0.717, 1.165) is 16.0 Å². The van der Waals surface area contributed by atoms with Gasteiger partial charge in [0.2, 0.25) is 11.7 Å². The van der Waals surface area contributed by atoms with Crippen molar-refractivity contribution in [3.05, 3.63) is 58.3 Å². The maximum atomic E-state index is 12.6. The number of carbonyl (C=O) groups is 1. The normalized spacial score (nSPS) is 10.7. The first kappa shape index (κ1) is 15.4. The number of hydrogen-bond donors (Lipinski definition) is 0. The number of aryl methyl sites for hydroxylation is 2. The van der Waals surface area contributed by atoms with Crippen molar-refractivity contribution in [3.8, 4) is 10.7 Å². The predicted octanol–water partition coefficient (Wildman–Crippen LogP) is 3.69. The van der Waals surface area contributed by atoms with Crippen LogP contribution in [0.25, 0.3) is 10.7 Å². The predicted molar refractivity (Wildman–Crippen MR) is 89.3 cm³/mol. The van der Waals surface area contributed by atoms with Crippen molar-refractivity contribution in [3.63, 3.8) is 0 Å². The molecule has 0 aliphatic heterocycles. The van der Waals surface area contributed by atoms with Crippen molar-refractivity contribution in [2.45, 2.75) is 20.4 Å². The third-order valence-electron chi connectivity index (χ3n) is 3.55. The Morgan fingerprint density at radius 2 is 2.13 bits per heavy atom. The van der Waals surface area contributed by atoms with E-state index in [9.17, 15) is 4.79 Å². The first-order valence-corrected chi connectivity index (χ1v) is 8.12. The van der Waals surface area contributed by atoms with E-state index in [4.69, 9.17) is 4.52 Å². The fourth-order valence-electron chi connectivity index (χ4n) is 2.27. The molecule has 6 heteroatoms. The highest BCUT2D eigenvalue weighted by molar-refractivity contribution is 7.13. The van der Waals surface area contributed by atoms with Gasteiger partial charge < -0.3 is 9.42 Å². The molecule has 3 rings (SSSR count). The number of rotatable bonds is 4. The topological polar surface area (TPSA) is 59.2 Å². The minimum atomic E-state index is -0.0536.